The maximum atomic E-state index is 10.3. The van der Waals surface area contributed by atoms with Gasteiger partial charge < -0.3 is 9.84 Å². The molecule has 3 nitrogen and oxygen atoms in total. The maximum Gasteiger partial charge on any atom is 0.147 e. The average Bonchev–Trinajstić information content (AvgIpc) is 2.71. The molecule has 4 heteroatoms. The van der Waals surface area contributed by atoms with E-state index >= 15 is 0 Å². The SMILES string of the molecule is CC(C)Oc1cc(C(C)(C)O)cc2sc(C(C)C)nc12. The van der Waals surface area contributed by atoms with Crippen LogP contribution in [0.5, 0.6) is 5.75 Å². The molecule has 1 N–H and O–H groups in total. The second-order valence-electron chi connectivity index (χ2n) is 6.25. The molecule has 0 aliphatic carbocycles. The lowest BCUT2D eigenvalue weighted by Gasteiger charge is -2.19. The fourth-order valence-electron chi connectivity index (χ4n) is 1.96. The van der Waals surface area contributed by atoms with Crippen LogP contribution in [0.15, 0.2) is 12.1 Å². The van der Waals surface area contributed by atoms with Crippen LogP contribution in [0.3, 0.4) is 0 Å². The molecule has 0 aliphatic rings. The molecule has 0 atom stereocenters. The van der Waals surface area contributed by atoms with Gasteiger partial charge in [-0.1, -0.05) is 13.8 Å². The lowest BCUT2D eigenvalue weighted by molar-refractivity contribution is 0.0783. The van der Waals surface area contributed by atoms with Crippen molar-refractivity contribution in [1.29, 1.82) is 0 Å². The molecular formula is C16H23NO2S. The molecule has 0 saturated carbocycles. The summed E-state index contributed by atoms with van der Waals surface area (Å²) < 4.78 is 6.96. The van der Waals surface area contributed by atoms with E-state index in [2.05, 4.69) is 13.8 Å². The maximum absolute atomic E-state index is 10.3. The van der Waals surface area contributed by atoms with Gasteiger partial charge in [0.2, 0.25) is 0 Å². The van der Waals surface area contributed by atoms with Crippen LogP contribution in [0.4, 0.5) is 0 Å². The quantitative estimate of drug-likeness (QED) is 0.906. The molecular weight excluding hydrogens is 270 g/mol. The third kappa shape index (κ3) is 3.13. The summed E-state index contributed by atoms with van der Waals surface area (Å²) in [6.07, 6.45) is 0.0828. The number of fused-ring (bicyclic) bond motifs is 1. The molecule has 2 aromatic rings. The largest absolute Gasteiger partial charge is 0.489 e. The first-order chi connectivity index (χ1) is 9.18. The second kappa shape index (κ2) is 5.34. The minimum absolute atomic E-state index is 0.0828. The van der Waals surface area contributed by atoms with E-state index in [-0.39, 0.29) is 6.10 Å². The Morgan fingerprint density at radius 1 is 1.20 bits per heavy atom. The molecule has 0 fully saturated rings. The average molecular weight is 293 g/mol. The Kier molecular flexibility index (Phi) is 4.07. The van der Waals surface area contributed by atoms with Gasteiger partial charge in [0.15, 0.2) is 0 Å². The van der Waals surface area contributed by atoms with Crippen molar-refractivity contribution >= 4 is 21.6 Å². The molecule has 0 radical (unpaired) electrons. The number of aliphatic hydroxyl groups is 1. The Balaban J connectivity index is 2.65. The number of hydrogen-bond acceptors (Lipinski definition) is 4. The molecule has 0 amide bonds. The Bertz CT molecular complexity index is 609. The van der Waals surface area contributed by atoms with Gasteiger partial charge in [-0.25, -0.2) is 4.98 Å². The van der Waals surface area contributed by atoms with Crippen molar-refractivity contribution in [2.75, 3.05) is 0 Å². The number of benzene rings is 1. The first kappa shape index (κ1) is 15.3. The van der Waals surface area contributed by atoms with Gasteiger partial charge in [-0.05, 0) is 45.4 Å². The predicted molar refractivity (Wildman–Crippen MR) is 84.7 cm³/mol. The van der Waals surface area contributed by atoms with E-state index < -0.39 is 5.60 Å². The summed E-state index contributed by atoms with van der Waals surface area (Å²) >= 11 is 1.67. The van der Waals surface area contributed by atoms with Crippen LogP contribution in [0, 0.1) is 0 Å². The molecule has 1 aromatic heterocycles. The molecule has 110 valence electrons. The van der Waals surface area contributed by atoms with Crippen LogP contribution in [0.1, 0.15) is 58.0 Å². The van der Waals surface area contributed by atoms with Gasteiger partial charge in [0.1, 0.15) is 11.3 Å². The molecule has 20 heavy (non-hydrogen) atoms. The first-order valence-electron chi connectivity index (χ1n) is 7.02. The van der Waals surface area contributed by atoms with E-state index in [0.717, 1.165) is 26.5 Å². The molecule has 2 rings (SSSR count). The van der Waals surface area contributed by atoms with Crippen molar-refractivity contribution in [3.63, 3.8) is 0 Å². The minimum Gasteiger partial charge on any atom is -0.489 e. The first-order valence-corrected chi connectivity index (χ1v) is 7.84. The zero-order valence-corrected chi connectivity index (χ0v) is 13.8. The summed E-state index contributed by atoms with van der Waals surface area (Å²) in [5.74, 6) is 1.16. The highest BCUT2D eigenvalue weighted by molar-refractivity contribution is 7.18. The Hall–Kier alpha value is -1.13. The van der Waals surface area contributed by atoms with Gasteiger partial charge in [-0.15, -0.1) is 11.3 Å². The normalized spacial score (nSPS) is 12.7. The number of ether oxygens (including phenoxy) is 1. The molecule has 1 aromatic carbocycles. The van der Waals surface area contributed by atoms with Gasteiger partial charge in [0, 0.05) is 5.92 Å². The van der Waals surface area contributed by atoms with E-state index in [1.807, 2.05) is 26.0 Å². The highest BCUT2D eigenvalue weighted by atomic mass is 32.1. The van der Waals surface area contributed by atoms with Crippen molar-refractivity contribution in [3.05, 3.63) is 22.7 Å². The molecule has 1 heterocycles. The van der Waals surface area contributed by atoms with E-state index in [4.69, 9.17) is 9.72 Å². The zero-order chi connectivity index (χ0) is 15.1. The predicted octanol–water partition coefficient (Wildman–Crippen LogP) is 4.43. The van der Waals surface area contributed by atoms with Crippen molar-refractivity contribution in [1.82, 2.24) is 4.98 Å². The molecule has 0 saturated heterocycles. The van der Waals surface area contributed by atoms with Gasteiger partial charge >= 0.3 is 0 Å². The summed E-state index contributed by atoms with van der Waals surface area (Å²) in [7, 11) is 0. The lowest BCUT2D eigenvalue weighted by atomic mass is 9.98. The summed E-state index contributed by atoms with van der Waals surface area (Å²) in [5, 5.41) is 11.4. The third-order valence-electron chi connectivity index (χ3n) is 3.04. The van der Waals surface area contributed by atoms with Crippen LogP contribution in [0.25, 0.3) is 10.2 Å². The topological polar surface area (TPSA) is 42.4 Å². The molecule has 0 bridgehead atoms. The summed E-state index contributed by atoms with van der Waals surface area (Å²) in [5.41, 5.74) is 0.880. The van der Waals surface area contributed by atoms with E-state index in [9.17, 15) is 5.11 Å². The molecule has 0 spiro atoms. The van der Waals surface area contributed by atoms with Crippen molar-refractivity contribution in [2.24, 2.45) is 0 Å². The molecule has 0 unspecified atom stereocenters. The fourth-order valence-corrected chi connectivity index (χ4v) is 2.99. The summed E-state index contributed by atoms with van der Waals surface area (Å²) in [4.78, 5) is 4.70. The number of hydrogen-bond donors (Lipinski definition) is 1. The third-order valence-corrected chi connectivity index (χ3v) is 4.34. The minimum atomic E-state index is -0.884. The summed E-state index contributed by atoms with van der Waals surface area (Å²) in [6, 6.07) is 3.93. The van der Waals surface area contributed by atoms with E-state index in [0.29, 0.717) is 5.92 Å². The smallest absolute Gasteiger partial charge is 0.147 e. The summed E-state index contributed by atoms with van der Waals surface area (Å²) in [6.45, 7) is 11.8. The lowest BCUT2D eigenvalue weighted by Crippen LogP contribution is -2.16. The van der Waals surface area contributed by atoms with Crippen LogP contribution < -0.4 is 4.74 Å². The molecule has 0 aliphatic heterocycles. The van der Waals surface area contributed by atoms with Crippen LogP contribution >= 0.6 is 11.3 Å². The zero-order valence-electron chi connectivity index (χ0n) is 13.0. The van der Waals surface area contributed by atoms with Crippen molar-refractivity contribution in [2.45, 2.75) is 59.2 Å². The number of thiazole rings is 1. The van der Waals surface area contributed by atoms with Gasteiger partial charge in [-0.2, -0.15) is 0 Å². The van der Waals surface area contributed by atoms with Crippen LogP contribution in [-0.4, -0.2) is 16.2 Å². The van der Waals surface area contributed by atoms with Gasteiger partial charge in [-0.3, -0.25) is 0 Å². The van der Waals surface area contributed by atoms with E-state index in [1.54, 1.807) is 25.2 Å². The Morgan fingerprint density at radius 3 is 2.35 bits per heavy atom. The van der Waals surface area contributed by atoms with Crippen LogP contribution in [0.2, 0.25) is 0 Å². The number of nitrogens with zero attached hydrogens (tertiary/aromatic N) is 1. The second-order valence-corrected chi connectivity index (χ2v) is 7.32. The monoisotopic (exact) mass is 293 g/mol. The number of rotatable bonds is 4. The van der Waals surface area contributed by atoms with Gasteiger partial charge in [0.05, 0.1) is 21.4 Å². The Morgan fingerprint density at radius 2 is 1.85 bits per heavy atom. The van der Waals surface area contributed by atoms with Crippen LogP contribution in [-0.2, 0) is 5.60 Å². The highest BCUT2D eigenvalue weighted by Gasteiger charge is 2.21. The van der Waals surface area contributed by atoms with E-state index in [1.165, 1.54) is 0 Å². The van der Waals surface area contributed by atoms with Gasteiger partial charge in [0.25, 0.3) is 0 Å². The fraction of sp³-hybridized carbons (Fsp3) is 0.562. The van der Waals surface area contributed by atoms with Crippen molar-refractivity contribution < 1.29 is 9.84 Å². The highest BCUT2D eigenvalue weighted by Crippen LogP contribution is 2.37. The Labute approximate surface area is 124 Å². The van der Waals surface area contributed by atoms with Crippen molar-refractivity contribution in [3.8, 4) is 5.75 Å². The number of aromatic nitrogens is 1. The standard InChI is InChI=1S/C16H23NO2S/c1-9(2)15-17-14-12(19-10(3)4)7-11(16(5,6)18)8-13(14)20-15/h7-10,18H,1-6H3.